The quantitative estimate of drug-likeness (QED) is 0.800. The second-order valence-corrected chi connectivity index (χ2v) is 4.88. The van der Waals surface area contributed by atoms with Gasteiger partial charge in [-0.25, -0.2) is 9.78 Å². The molecule has 0 atom stereocenters. The van der Waals surface area contributed by atoms with Gasteiger partial charge in [0.1, 0.15) is 4.60 Å². The lowest BCUT2D eigenvalue weighted by atomic mass is 10.1. The summed E-state index contributed by atoms with van der Waals surface area (Å²) in [5, 5.41) is 2.67. The van der Waals surface area contributed by atoms with Gasteiger partial charge in [-0.1, -0.05) is 6.07 Å². The molecule has 0 fully saturated rings. The summed E-state index contributed by atoms with van der Waals surface area (Å²) in [4.78, 5) is 15.3. The van der Waals surface area contributed by atoms with Crippen molar-refractivity contribution in [2.45, 2.75) is 26.3 Å². The number of halogens is 1. The molecule has 5 heteroatoms. The van der Waals surface area contributed by atoms with Crippen LogP contribution in [0.15, 0.2) is 22.8 Å². The Bertz CT molecular complexity index is 361. The van der Waals surface area contributed by atoms with Crippen molar-refractivity contribution in [1.29, 1.82) is 0 Å². The zero-order chi connectivity index (χ0) is 11.5. The molecular weight excluding hydrogens is 260 g/mol. The van der Waals surface area contributed by atoms with E-state index in [1.165, 1.54) is 0 Å². The molecule has 0 aromatic carbocycles. The van der Waals surface area contributed by atoms with E-state index in [0.29, 0.717) is 4.60 Å². The van der Waals surface area contributed by atoms with Crippen LogP contribution in [0.4, 0.5) is 4.79 Å². The van der Waals surface area contributed by atoms with Crippen molar-refractivity contribution >= 4 is 22.0 Å². The van der Waals surface area contributed by atoms with Gasteiger partial charge in [-0.15, -0.1) is 0 Å². The number of nitrogens with one attached hydrogen (secondary N) is 1. The van der Waals surface area contributed by atoms with Crippen LogP contribution in [0.25, 0.3) is 0 Å². The lowest BCUT2D eigenvalue weighted by molar-refractivity contribution is 0.188. The first-order chi connectivity index (χ1) is 6.87. The molecule has 0 radical (unpaired) electrons. The fourth-order valence-corrected chi connectivity index (χ4v) is 1.20. The van der Waals surface area contributed by atoms with Crippen molar-refractivity contribution in [3.05, 3.63) is 22.8 Å². The second-order valence-electron chi connectivity index (χ2n) is 4.06. The predicted octanol–water partition coefficient (Wildman–Crippen LogP) is 2.73. The molecule has 1 N–H and O–H groups in total. The van der Waals surface area contributed by atoms with Crippen molar-refractivity contribution in [2.75, 3.05) is 0 Å². The third kappa shape index (κ3) is 4.78. The Kier molecular flexibility index (Phi) is 3.68. The largest absolute Gasteiger partial charge is 0.414 e. The van der Waals surface area contributed by atoms with Crippen LogP contribution in [0.3, 0.4) is 0 Å². The molecule has 0 aliphatic heterocycles. The molecule has 1 heterocycles. The molecule has 1 aromatic heterocycles. The molecule has 82 valence electrons. The highest BCUT2D eigenvalue weighted by Crippen LogP contribution is 2.12. The van der Waals surface area contributed by atoms with Gasteiger partial charge in [0.05, 0.1) is 0 Å². The number of hydrogen-bond donors (Lipinski definition) is 1. The SMILES string of the molecule is CC(C)(C)NC(=O)Oc1cccc(Br)n1. The van der Waals surface area contributed by atoms with E-state index < -0.39 is 6.09 Å². The molecule has 0 aliphatic carbocycles. The zero-order valence-electron chi connectivity index (χ0n) is 8.87. The van der Waals surface area contributed by atoms with E-state index in [1.807, 2.05) is 20.8 Å². The summed E-state index contributed by atoms with van der Waals surface area (Å²) in [5.41, 5.74) is -0.316. The second kappa shape index (κ2) is 4.61. The van der Waals surface area contributed by atoms with E-state index in [1.54, 1.807) is 18.2 Å². The van der Waals surface area contributed by atoms with Gasteiger partial charge in [0, 0.05) is 11.6 Å². The van der Waals surface area contributed by atoms with Crippen molar-refractivity contribution in [1.82, 2.24) is 10.3 Å². The maximum absolute atomic E-state index is 11.4. The summed E-state index contributed by atoms with van der Waals surface area (Å²) < 4.78 is 5.61. The van der Waals surface area contributed by atoms with Crippen LogP contribution in [0.1, 0.15) is 20.8 Å². The van der Waals surface area contributed by atoms with Gasteiger partial charge in [0.25, 0.3) is 0 Å². The first kappa shape index (κ1) is 12.0. The highest BCUT2D eigenvalue weighted by molar-refractivity contribution is 9.10. The lowest BCUT2D eigenvalue weighted by Crippen LogP contribution is -2.42. The normalized spacial score (nSPS) is 10.9. The predicted molar refractivity (Wildman–Crippen MR) is 60.8 cm³/mol. The van der Waals surface area contributed by atoms with Gasteiger partial charge >= 0.3 is 6.09 Å². The van der Waals surface area contributed by atoms with Gasteiger partial charge < -0.3 is 10.1 Å². The Morgan fingerprint density at radius 2 is 2.13 bits per heavy atom. The van der Waals surface area contributed by atoms with Crippen LogP contribution in [0.2, 0.25) is 0 Å². The third-order valence-corrected chi connectivity index (χ3v) is 1.81. The van der Waals surface area contributed by atoms with Crippen molar-refractivity contribution < 1.29 is 9.53 Å². The number of ether oxygens (including phenoxy) is 1. The van der Waals surface area contributed by atoms with E-state index in [4.69, 9.17) is 4.74 Å². The average molecular weight is 273 g/mol. The zero-order valence-corrected chi connectivity index (χ0v) is 10.5. The van der Waals surface area contributed by atoms with Gasteiger partial charge in [-0.2, -0.15) is 0 Å². The maximum atomic E-state index is 11.4. The Labute approximate surface area is 97.2 Å². The minimum atomic E-state index is -0.506. The number of hydrogen-bond acceptors (Lipinski definition) is 3. The summed E-state index contributed by atoms with van der Waals surface area (Å²) >= 11 is 3.19. The van der Waals surface area contributed by atoms with Crippen LogP contribution in [-0.4, -0.2) is 16.6 Å². The molecule has 15 heavy (non-hydrogen) atoms. The number of pyridine rings is 1. The van der Waals surface area contributed by atoms with Gasteiger partial charge in [-0.05, 0) is 42.8 Å². The minimum absolute atomic E-state index is 0.270. The molecule has 1 rings (SSSR count). The number of carbonyl (C=O) groups excluding carboxylic acids is 1. The number of rotatable bonds is 1. The number of carbonyl (C=O) groups is 1. The van der Waals surface area contributed by atoms with E-state index in [2.05, 4.69) is 26.2 Å². The number of aromatic nitrogens is 1. The molecule has 0 saturated carbocycles. The Balaban J connectivity index is 2.59. The Morgan fingerprint density at radius 1 is 1.47 bits per heavy atom. The van der Waals surface area contributed by atoms with Crippen molar-refractivity contribution in [2.24, 2.45) is 0 Å². The molecule has 0 bridgehead atoms. The van der Waals surface area contributed by atoms with E-state index in [0.717, 1.165) is 0 Å². The lowest BCUT2D eigenvalue weighted by Gasteiger charge is -2.19. The molecule has 4 nitrogen and oxygen atoms in total. The average Bonchev–Trinajstić information content (AvgIpc) is 1.99. The van der Waals surface area contributed by atoms with Crippen molar-refractivity contribution in [3.63, 3.8) is 0 Å². The van der Waals surface area contributed by atoms with E-state index in [-0.39, 0.29) is 11.4 Å². The van der Waals surface area contributed by atoms with Gasteiger partial charge in [0.15, 0.2) is 0 Å². The fourth-order valence-electron chi connectivity index (χ4n) is 0.873. The molecule has 0 aliphatic rings. The first-order valence-electron chi connectivity index (χ1n) is 4.49. The molecular formula is C10H13BrN2O2. The molecule has 0 spiro atoms. The molecule has 0 saturated heterocycles. The number of amides is 1. The van der Waals surface area contributed by atoms with Crippen LogP contribution in [0.5, 0.6) is 5.88 Å². The smallest absolute Gasteiger partial charge is 0.391 e. The van der Waals surface area contributed by atoms with Crippen LogP contribution >= 0.6 is 15.9 Å². The number of nitrogens with zero attached hydrogens (tertiary/aromatic N) is 1. The molecule has 0 unspecified atom stereocenters. The van der Waals surface area contributed by atoms with Crippen LogP contribution in [-0.2, 0) is 0 Å². The monoisotopic (exact) mass is 272 g/mol. The maximum Gasteiger partial charge on any atom is 0.414 e. The standard InChI is InChI=1S/C10H13BrN2O2/c1-10(2,3)13-9(14)15-8-6-4-5-7(11)12-8/h4-6H,1-3H3,(H,13,14). The third-order valence-electron chi connectivity index (χ3n) is 1.36. The molecule has 1 amide bonds. The summed E-state index contributed by atoms with van der Waals surface area (Å²) in [6.45, 7) is 5.63. The van der Waals surface area contributed by atoms with Crippen molar-refractivity contribution in [3.8, 4) is 5.88 Å². The minimum Gasteiger partial charge on any atom is -0.391 e. The first-order valence-corrected chi connectivity index (χ1v) is 5.29. The summed E-state index contributed by atoms with van der Waals surface area (Å²) in [6, 6.07) is 5.12. The molecule has 1 aromatic rings. The van der Waals surface area contributed by atoms with E-state index in [9.17, 15) is 4.79 Å². The Hall–Kier alpha value is -1.10. The highest BCUT2D eigenvalue weighted by atomic mass is 79.9. The summed E-state index contributed by atoms with van der Waals surface area (Å²) in [6.07, 6.45) is -0.506. The topological polar surface area (TPSA) is 51.2 Å². The van der Waals surface area contributed by atoms with Gasteiger partial charge in [-0.3, -0.25) is 0 Å². The highest BCUT2D eigenvalue weighted by Gasteiger charge is 2.15. The summed E-state index contributed by atoms with van der Waals surface area (Å²) in [7, 11) is 0. The Morgan fingerprint density at radius 3 is 2.67 bits per heavy atom. The fraction of sp³-hybridized carbons (Fsp3) is 0.400. The van der Waals surface area contributed by atoms with Gasteiger partial charge in [0.2, 0.25) is 5.88 Å². The van der Waals surface area contributed by atoms with E-state index >= 15 is 0 Å². The van der Waals surface area contributed by atoms with Crippen LogP contribution in [0, 0.1) is 0 Å². The van der Waals surface area contributed by atoms with Crippen LogP contribution < -0.4 is 10.1 Å². The summed E-state index contributed by atoms with van der Waals surface area (Å²) in [5.74, 6) is 0.270.